The first-order valence-corrected chi connectivity index (χ1v) is 6.12. The monoisotopic (exact) mass is 198 g/mol. The minimum atomic E-state index is -0.0537. The molecule has 1 fully saturated rings. The standard InChI is InChI=1S/C13H26O/c1-5-6-12(14)11-7-10(2)8-13(3,4)9-11/h10-12,14H,5-9H2,1-4H3. The fraction of sp³-hybridized carbons (Fsp3) is 1.00. The van der Waals surface area contributed by atoms with Crippen molar-refractivity contribution < 1.29 is 5.11 Å². The van der Waals surface area contributed by atoms with Crippen molar-refractivity contribution in [2.24, 2.45) is 17.3 Å². The number of rotatable bonds is 3. The maximum Gasteiger partial charge on any atom is 0.0568 e. The van der Waals surface area contributed by atoms with E-state index in [2.05, 4.69) is 27.7 Å². The molecule has 1 aliphatic rings. The van der Waals surface area contributed by atoms with E-state index in [9.17, 15) is 5.11 Å². The summed E-state index contributed by atoms with van der Waals surface area (Å²) >= 11 is 0. The molecule has 0 aliphatic heterocycles. The van der Waals surface area contributed by atoms with E-state index in [1.54, 1.807) is 0 Å². The Balaban J connectivity index is 2.53. The highest BCUT2D eigenvalue weighted by molar-refractivity contribution is 4.85. The molecule has 0 saturated heterocycles. The SMILES string of the molecule is CCCC(O)C1CC(C)CC(C)(C)C1. The van der Waals surface area contributed by atoms with E-state index in [1.807, 2.05) is 0 Å². The lowest BCUT2D eigenvalue weighted by molar-refractivity contribution is 0.0221. The molecule has 1 nitrogen and oxygen atoms in total. The van der Waals surface area contributed by atoms with Gasteiger partial charge in [0, 0.05) is 0 Å². The lowest BCUT2D eigenvalue weighted by Crippen LogP contribution is -2.34. The molecule has 14 heavy (non-hydrogen) atoms. The van der Waals surface area contributed by atoms with Crippen molar-refractivity contribution >= 4 is 0 Å². The molecule has 3 unspecified atom stereocenters. The Kier molecular flexibility index (Phi) is 4.00. The van der Waals surface area contributed by atoms with Crippen LogP contribution in [0.2, 0.25) is 0 Å². The summed E-state index contributed by atoms with van der Waals surface area (Å²) in [7, 11) is 0. The number of hydrogen-bond donors (Lipinski definition) is 1. The Labute approximate surface area is 88.9 Å². The third-order valence-electron chi connectivity index (χ3n) is 3.55. The maximum absolute atomic E-state index is 10.0. The maximum atomic E-state index is 10.0. The van der Waals surface area contributed by atoms with Gasteiger partial charge < -0.3 is 5.11 Å². The van der Waals surface area contributed by atoms with E-state index in [-0.39, 0.29) is 6.10 Å². The molecule has 0 amide bonds. The molecule has 0 radical (unpaired) electrons. The summed E-state index contributed by atoms with van der Waals surface area (Å²) < 4.78 is 0. The molecule has 3 atom stereocenters. The molecule has 0 aromatic rings. The quantitative estimate of drug-likeness (QED) is 0.734. The first-order chi connectivity index (χ1) is 6.44. The highest BCUT2D eigenvalue weighted by atomic mass is 16.3. The molecule has 0 aromatic heterocycles. The second kappa shape index (κ2) is 4.65. The smallest absolute Gasteiger partial charge is 0.0568 e. The highest BCUT2D eigenvalue weighted by Gasteiger charge is 2.34. The molecular weight excluding hydrogens is 172 g/mol. The lowest BCUT2D eigenvalue weighted by atomic mass is 9.66. The molecule has 0 heterocycles. The van der Waals surface area contributed by atoms with Gasteiger partial charge in [0.25, 0.3) is 0 Å². The summed E-state index contributed by atoms with van der Waals surface area (Å²) in [6.07, 6.45) is 5.79. The van der Waals surface area contributed by atoms with Crippen LogP contribution >= 0.6 is 0 Å². The molecule has 0 aromatic carbocycles. The van der Waals surface area contributed by atoms with Crippen LogP contribution in [0.15, 0.2) is 0 Å². The normalized spacial score (nSPS) is 34.1. The Morgan fingerprint density at radius 2 is 2.00 bits per heavy atom. The van der Waals surface area contributed by atoms with Crippen molar-refractivity contribution in [2.75, 3.05) is 0 Å². The first kappa shape index (κ1) is 12.0. The molecule has 1 saturated carbocycles. The molecule has 1 rings (SSSR count). The molecule has 1 N–H and O–H groups in total. The zero-order valence-corrected chi connectivity index (χ0v) is 10.2. The number of aliphatic hydroxyl groups is 1. The van der Waals surface area contributed by atoms with E-state index >= 15 is 0 Å². The first-order valence-electron chi connectivity index (χ1n) is 6.12. The summed E-state index contributed by atoms with van der Waals surface area (Å²) in [5.74, 6) is 1.34. The molecule has 0 spiro atoms. The topological polar surface area (TPSA) is 20.2 Å². The zero-order chi connectivity index (χ0) is 10.8. The Hall–Kier alpha value is -0.0400. The van der Waals surface area contributed by atoms with E-state index in [1.165, 1.54) is 19.3 Å². The van der Waals surface area contributed by atoms with Gasteiger partial charge in [0.1, 0.15) is 0 Å². The predicted octanol–water partition coefficient (Wildman–Crippen LogP) is 3.61. The fourth-order valence-corrected chi connectivity index (χ4v) is 3.24. The third kappa shape index (κ3) is 3.27. The predicted molar refractivity (Wildman–Crippen MR) is 61.2 cm³/mol. The summed E-state index contributed by atoms with van der Waals surface area (Å²) in [6.45, 7) is 9.16. The van der Waals surface area contributed by atoms with Gasteiger partial charge in [-0.3, -0.25) is 0 Å². The van der Waals surface area contributed by atoms with Gasteiger partial charge in [0.2, 0.25) is 0 Å². The van der Waals surface area contributed by atoms with Crippen LogP contribution in [0.3, 0.4) is 0 Å². The average Bonchev–Trinajstić information content (AvgIpc) is 2.00. The second-order valence-corrected chi connectivity index (χ2v) is 6.03. The van der Waals surface area contributed by atoms with Gasteiger partial charge in [-0.2, -0.15) is 0 Å². The summed E-state index contributed by atoms with van der Waals surface area (Å²) in [6, 6.07) is 0. The van der Waals surface area contributed by atoms with E-state index in [4.69, 9.17) is 0 Å². The van der Waals surface area contributed by atoms with Crippen molar-refractivity contribution in [1.82, 2.24) is 0 Å². The molecule has 0 bridgehead atoms. The van der Waals surface area contributed by atoms with Crippen LogP contribution in [0.25, 0.3) is 0 Å². The minimum absolute atomic E-state index is 0.0537. The Morgan fingerprint density at radius 3 is 2.50 bits per heavy atom. The van der Waals surface area contributed by atoms with Crippen LogP contribution < -0.4 is 0 Å². The van der Waals surface area contributed by atoms with Gasteiger partial charge in [-0.05, 0) is 42.9 Å². The molecule has 1 aliphatic carbocycles. The van der Waals surface area contributed by atoms with Crippen molar-refractivity contribution in [3.8, 4) is 0 Å². The zero-order valence-electron chi connectivity index (χ0n) is 10.2. The highest BCUT2D eigenvalue weighted by Crippen LogP contribution is 2.43. The molecule has 84 valence electrons. The third-order valence-corrected chi connectivity index (χ3v) is 3.55. The van der Waals surface area contributed by atoms with Crippen LogP contribution in [-0.4, -0.2) is 11.2 Å². The van der Waals surface area contributed by atoms with Crippen LogP contribution in [-0.2, 0) is 0 Å². The van der Waals surface area contributed by atoms with Crippen LogP contribution in [0, 0.1) is 17.3 Å². The van der Waals surface area contributed by atoms with Crippen molar-refractivity contribution in [2.45, 2.75) is 65.9 Å². The molecule has 1 heteroatoms. The van der Waals surface area contributed by atoms with E-state index in [0.717, 1.165) is 18.8 Å². The molecular formula is C13H26O. The van der Waals surface area contributed by atoms with Gasteiger partial charge >= 0.3 is 0 Å². The van der Waals surface area contributed by atoms with Gasteiger partial charge in [-0.15, -0.1) is 0 Å². The van der Waals surface area contributed by atoms with E-state index < -0.39 is 0 Å². The summed E-state index contributed by atoms with van der Waals surface area (Å²) in [5.41, 5.74) is 0.442. The minimum Gasteiger partial charge on any atom is -0.393 e. The van der Waals surface area contributed by atoms with Gasteiger partial charge in [0.15, 0.2) is 0 Å². The average molecular weight is 198 g/mol. The van der Waals surface area contributed by atoms with Gasteiger partial charge in [-0.1, -0.05) is 34.1 Å². The van der Waals surface area contributed by atoms with Crippen molar-refractivity contribution in [3.63, 3.8) is 0 Å². The Morgan fingerprint density at radius 1 is 1.36 bits per heavy atom. The van der Waals surface area contributed by atoms with E-state index in [0.29, 0.717) is 11.3 Å². The summed E-state index contributed by atoms with van der Waals surface area (Å²) in [5, 5.41) is 10.0. The Bertz CT molecular complexity index is 174. The lowest BCUT2D eigenvalue weighted by Gasteiger charge is -2.40. The fourth-order valence-electron chi connectivity index (χ4n) is 3.24. The number of aliphatic hydroxyl groups excluding tert-OH is 1. The van der Waals surface area contributed by atoms with Crippen LogP contribution in [0.4, 0.5) is 0 Å². The van der Waals surface area contributed by atoms with Crippen LogP contribution in [0.1, 0.15) is 59.8 Å². The van der Waals surface area contributed by atoms with Gasteiger partial charge in [-0.25, -0.2) is 0 Å². The largest absolute Gasteiger partial charge is 0.393 e. The van der Waals surface area contributed by atoms with Gasteiger partial charge in [0.05, 0.1) is 6.10 Å². The van der Waals surface area contributed by atoms with Crippen molar-refractivity contribution in [1.29, 1.82) is 0 Å². The van der Waals surface area contributed by atoms with Crippen molar-refractivity contribution in [3.05, 3.63) is 0 Å². The summed E-state index contributed by atoms with van der Waals surface area (Å²) in [4.78, 5) is 0. The number of hydrogen-bond acceptors (Lipinski definition) is 1. The second-order valence-electron chi connectivity index (χ2n) is 6.03. The van der Waals surface area contributed by atoms with Crippen LogP contribution in [0.5, 0.6) is 0 Å².